The molecule has 3 N–H and O–H groups in total. The van der Waals surface area contributed by atoms with E-state index in [2.05, 4.69) is 39.1 Å². The van der Waals surface area contributed by atoms with Crippen LogP contribution in [0, 0.1) is 0 Å². The molecule has 1 aliphatic heterocycles. The lowest BCUT2D eigenvalue weighted by molar-refractivity contribution is 0.386. The Bertz CT molecular complexity index is 190. The van der Waals surface area contributed by atoms with Crippen LogP contribution >= 0.6 is 0 Å². The summed E-state index contributed by atoms with van der Waals surface area (Å²) >= 11 is 0. The van der Waals surface area contributed by atoms with E-state index >= 15 is 0 Å². The minimum atomic E-state index is 0.0816. The van der Waals surface area contributed by atoms with Crippen molar-refractivity contribution >= 4 is 0 Å². The molecule has 0 unspecified atom stereocenters. The molecule has 2 heteroatoms. The highest BCUT2D eigenvalue weighted by atomic mass is 15.1. The first kappa shape index (κ1) is 8.75. The number of nitrogens with two attached hydrogens (primary N) is 1. The average molecular weight is 154 g/mol. The molecule has 0 fully saturated rings. The largest absolute Gasteiger partial charge is 0.327 e. The van der Waals surface area contributed by atoms with E-state index in [1.165, 1.54) is 5.57 Å². The summed E-state index contributed by atoms with van der Waals surface area (Å²) in [6, 6.07) is 0. The molecule has 0 spiro atoms. The highest BCUT2D eigenvalue weighted by Gasteiger charge is 2.35. The molecule has 0 bridgehead atoms. The van der Waals surface area contributed by atoms with Crippen LogP contribution in [-0.4, -0.2) is 17.6 Å². The van der Waals surface area contributed by atoms with Gasteiger partial charge < -0.3 is 5.73 Å². The Labute approximate surface area is 68.9 Å². The van der Waals surface area contributed by atoms with Crippen LogP contribution in [0.1, 0.15) is 27.7 Å². The summed E-state index contributed by atoms with van der Waals surface area (Å²) in [4.78, 5) is 0. The van der Waals surface area contributed by atoms with E-state index in [4.69, 9.17) is 5.73 Å². The molecule has 0 amide bonds. The van der Waals surface area contributed by atoms with Crippen molar-refractivity contribution in [3.63, 3.8) is 0 Å². The molecule has 64 valence electrons. The fourth-order valence-electron chi connectivity index (χ4n) is 1.85. The molecule has 1 rings (SSSR count). The van der Waals surface area contributed by atoms with Gasteiger partial charge in [-0.2, -0.15) is 0 Å². The van der Waals surface area contributed by atoms with Crippen molar-refractivity contribution in [2.75, 3.05) is 6.54 Å². The van der Waals surface area contributed by atoms with E-state index < -0.39 is 0 Å². The summed E-state index contributed by atoms with van der Waals surface area (Å²) in [6.07, 6.45) is 2.23. The Morgan fingerprint density at radius 2 is 1.91 bits per heavy atom. The molecule has 0 saturated carbocycles. The number of rotatable bonds is 1. The number of hydrogen-bond donors (Lipinski definition) is 2. The minimum absolute atomic E-state index is 0.0816. The molecule has 0 aromatic heterocycles. The molecule has 0 radical (unpaired) electrons. The number of nitrogens with one attached hydrogen (secondary N) is 1. The van der Waals surface area contributed by atoms with E-state index in [0.717, 1.165) is 0 Å². The molecule has 1 heterocycles. The van der Waals surface area contributed by atoms with Gasteiger partial charge in [0.25, 0.3) is 0 Å². The lowest BCUT2D eigenvalue weighted by Crippen LogP contribution is -2.46. The third kappa shape index (κ3) is 1.63. The van der Waals surface area contributed by atoms with Crippen LogP contribution in [0.15, 0.2) is 11.6 Å². The van der Waals surface area contributed by atoms with E-state index in [0.29, 0.717) is 6.54 Å². The maximum Gasteiger partial charge on any atom is 0.0357 e. The van der Waals surface area contributed by atoms with Gasteiger partial charge in [0.1, 0.15) is 0 Å². The molecular weight excluding hydrogens is 136 g/mol. The molecule has 2 nitrogen and oxygen atoms in total. The van der Waals surface area contributed by atoms with E-state index in [-0.39, 0.29) is 11.1 Å². The highest BCUT2D eigenvalue weighted by molar-refractivity contribution is 5.30. The predicted octanol–water partition coefficient (Wildman–Crippen LogP) is 1.03. The highest BCUT2D eigenvalue weighted by Crippen LogP contribution is 2.28. The SMILES string of the molecule is CC1(C)C=C(CN)C(C)(C)N1. The van der Waals surface area contributed by atoms with Crippen LogP contribution in [0.5, 0.6) is 0 Å². The Morgan fingerprint density at radius 1 is 1.36 bits per heavy atom. The van der Waals surface area contributed by atoms with E-state index in [1.54, 1.807) is 0 Å². The first-order chi connectivity index (χ1) is 4.87. The second kappa shape index (κ2) is 2.32. The van der Waals surface area contributed by atoms with Crippen molar-refractivity contribution in [3.05, 3.63) is 11.6 Å². The van der Waals surface area contributed by atoms with Crippen molar-refractivity contribution in [1.29, 1.82) is 0 Å². The quantitative estimate of drug-likeness (QED) is 0.554. The zero-order chi connectivity index (χ0) is 8.70. The van der Waals surface area contributed by atoms with Crippen LogP contribution in [0.25, 0.3) is 0 Å². The lowest BCUT2D eigenvalue weighted by atomic mass is 9.97. The van der Waals surface area contributed by atoms with Crippen LogP contribution in [-0.2, 0) is 0 Å². The van der Waals surface area contributed by atoms with Gasteiger partial charge in [-0.25, -0.2) is 0 Å². The third-order valence-electron chi connectivity index (χ3n) is 2.19. The number of hydrogen-bond acceptors (Lipinski definition) is 2. The van der Waals surface area contributed by atoms with Crippen molar-refractivity contribution in [2.24, 2.45) is 5.73 Å². The van der Waals surface area contributed by atoms with Gasteiger partial charge in [0.2, 0.25) is 0 Å². The van der Waals surface area contributed by atoms with Gasteiger partial charge in [0.15, 0.2) is 0 Å². The topological polar surface area (TPSA) is 38.0 Å². The van der Waals surface area contributed by atoms with Crippen LogP contribution in [0.2, 0.25) is 0 Å². The Kier molecular flexibility index (Phi) is 1.85. The maximum absolute atomic E-state index is 5.62. The Morgan fingerprint density at radius 3 is 2.09 bits per heavy atom. The van der Waals surface area contributed by atoms with Crippen LogP contribution in [0.4, 0.5) is 0 Å². The monoisotopic (exact) mass is 154 g/mol. The summed E-state index contributed by atoms with van der Waals surface area (Å²) < 4.78 is 0. The first-order valence-electron chi connectivity index (χ1n) is 4.09. The van der Waals surface area contributed by atoms with Crippen LogP contribution < -0.4 is 11.1 Å². The van der Waals surface area contributed by atoms with Gasteiger partial charge in [-0.05, 0) is 33.3 Å². The summed E-state index contributed by atoms with van der Waals surface area (Å²) in [6.45, 7) is 9.32. The van der Waals surface area contributed by atoms with Gasteiger partial charge in [-0.1, -0.05) is 6.08 Å². The standard InChI is InChI=1S/C9H18N2/c1-8(2)5-7(6-10)9(3,4)11-8/h5,11H,6,10H2,1-4H3. The fourth-order valence-corrected chi connectivity index (χ4v) is 1.85. The van der Waals surface area contributed by atoms with Crippen molar-refractivity contribution < 1.29 is 0 Å². The summed E-state index contributed by atoms with van der Waals surface area (Å²) in [5, 5.41) is 3.50. The molecular formula is C9H18N2. The molecule has 0 saturated heterocycles. The van der Waals surface area contributed by atoms with Crippen molar-refractivity contribution in [1.82, 2.24) is 5.32 Å². The molecule has 0 atom stereocenters. The van der Waals surface area contributed by atoms with Gasteiger partial charge in [-0.3, -0.25) is 5.32 Å². The van der Waals surface area contributed by atoms with Gasteiger partial charge in [-0.15, -0.1) is 0 Å². The van der Waals surface area contributed by atoms with Crippen molar-refractivity contribution in [3.8, 4) is 0 Å². The van der Waals surface area contributed by atoms with Crippen molar-refractivity contribution in [2.45, 2.75) is 38.8 Å². The summed E-state index contributed by atoms with van der Waals surface area (Å²) in [5.74, 6) is 0. The second-order valence-corrected chi connectivity index (χ2v) is 4.35. The zero-order valence-corrected chi connectivity index (χ0v) is 7.86. The first-order valence-corrected chi connectivity index (χ1v) is 4.09. The van der Waals surface area contributed by atoms with E-state index in [1.807, 2.05) is 0 Å². The van der Waals surface area contributed by atoms with Gasteiger partial charge in [0, 0.05) is 17.6 Å². The summed E-state index contributed by atoms with van der Waals surface area (Å²) in [7, 11) is 0. The smallest absolute Gasteiger partial charge is 0.0357 e. The van der Waals surface area contributed by atoms with Crippen LogP contribution in [0.3, 0.4) is 0 Å². The average Bonchev–Trinajstić information content (AvgIpc) is 1.99. The van der Waals surface area contributed by atoms with Gasteiger partial charge in [0.05, 0.1) is 0 Å². The lowest BCUT2D eigenvalue weighted by Gasteiger charge is -2.27. The van der Waals surface area contributed by atoms with E-state index in [9.17, 15) is 0 Å². The second-order valence-electron chi connectivity index (χ2n) is 4.35. The molecule has 0 aliphatic carbocycles. The summed E-state index contributed by atoms with van der Waals surface area (Å²) in [5.41, 5.74) is 7.12. The molecule has 0 aromatic carbocycles. The normalized spacial score (nSPS) is 26.8. The predicted molar refractivity (Wildman–Crippen MR) is 48.4 cm³/mol. The third-order valence-corrected chi connectivity index (χ3v) is 2.19. The Balaban J connectivity index is 2.89. The maximum atomic E-state index is 5.62. The van der Waals surface area contributed by atoms with Gasteiger partial charge >= 0.3 is 0 Å². The molecule has 0 aromatic rings. The zero-order valence-electron chi connectivity index (χ0n) is 7.86. The minimum Gasteiger partial charge on any atom is -0.327 e. The fraction of sp³-hybridized carbons (Fsp3) is 0.778. The Hall–Kier alpha value is -0.340. The molecule has 11 heavy (non-hydrogen) atoms. The molecule has 1 aliphatic rings.